The van der Waals surface area contributed by atoms with Gasteiger partial charge in [0.1, 0.15) is 5.69 Å². The van der Waals surface area contributed by atoms with Gasteiger partial charge >= 0.3 is 0 Å². The molecular formula is C17H21N3O. The normalized spacial score (nSPS) is 17.3. The molecule has 21 heavy (non-hydrogen) atoms. The predicted molar refractivity (Wildman–Crippen MR) is 81.9 cm³/mol. The summed E-state index contributed by atoms with van der Waals surface area (Å²) in [5, 5.41) is 7.17. The second-order valence-electron chi connectivity index (χ2n) is 6.18. The quantitative estimate of drug-likeness (QED) is 0.939. The number of fused-ring (bicyclic) bond motifs is 1. The van der Waals surface area contributed by atoms with E-state index in [1.807, 2.05) is 23.1 Å². The molecule has 4 nitrogen and oxygen atoms in total. The van der Waals surface area contributed by atoms with Crippen LogP contribution in [0.2, 0.25) is 0 Å². The lowest BCUT2D eigenvalue weighted by Gasteiger charge is -2.20. The largest absolute Gasteiger partial charge is 0.326 e. The first-order chi connectivity index (χ1) is 10.1. The van der Waals surface area contributed by atoms with Crippen LogP contribution in [-0.2, 0) is 13.0 Å². The molecule has 1 aromatic carbocycles. The first-order valence-electron chi connectivity index (χ1n) is 7.49. The predicted octanol–water partition coefficient (Wildman–Crippen LogP) is 3.33. The number of amides is 1. The van der Waals surface area contributed by atoms with Crippen LogP contribution in [0.4, 0.5) is 0 Å². The summed E-state index contributed by atoms with van der Waals surface area (Å²) in [5.41, 5.74) is 4.02. The van der Waals surface area contributed by atoms with Crippen LogP contribution in [0.25, 0.3) is 0 Å². The maximum Gasteiger partial charge on any atom is 0.275 e. The highest BCUT2D eigenvalue weighted by Crippen LogP contribution is 2.33. The molecule has 0 saturated heterocycles. The highest BCUT2D eigenvalue weighted by atomic mass is 16.2. The molecule has 0 aliphatic carbocycles. The molecule has 0 spiro atoms. The molecule has 3 rings (SSSR count). The zero-order valence-electron chi connectivity index (χ0n) is 12.8. The number of nitrogens with one attached hydrogen (secondary N) is 1. The Morgan fingerprint density at radius 1 is 1.43 bits per heavy atom. The lowest BCUT2D eigenvalue weighted by molar-refractivity contribution is 0.0699. The second-order valence-corrected chi connectivity index (χ2v) is 6.18. The van der Waals surface area contributed by atoms with Crippen molar-refractivity contribution in [1.29, 1.82) is 0 Å². The zero-order valence-corrected chi connectivity index (χ0v) is 12.8. The average molecular weight is 283 g/mol. The van der Waals surface area contributed by atoms with E-state index in [1.165, 1.54) is 11.1 Å². The highest BCUT2D eigenvalue weighted by molar-refractivity contribution is 5.93. The Hall–Kier alpha value is -2.10. The topological polar surface area (TPSA) is 49.0 Å². The van der Waals surface area contributed by atoms with Crippen molar-refractivity contribution in [3.05, 3.63) is 52.8 Å². The number of carbonyl (C=O) groups excluding carboxylic acids is 1. The van der Waals surface area contributed by atoms with Gasteiger partial charge in [0, 0.05) is 12.2 Å². The molecule has 0 saturated carbocycles. The van der Waals surface area contributed by atoms with Crippen molar-refractivity contribution in [3.63, 3.8) is 0 Å². The minimum atomic E-state index is 0.00459. The van der Waals surface area contributed by atoms with E-state index >= 15 is 0 Å². The minimum absolute atomic E-state index is 0.00459. The minimum Gasteiger partial charge on any atom is -0.326 e. The molecule has 1 N–H and O–H groups in total. The molecule has 0 fully saturated rings. The van der Waals surface area contributed by atoms with E-state index in [4.69, 9.17) is 0 Å². The lowest BCUT2D eigenvalue weighted by atomic mass is 10.1. The average Bonchev–Trinajstić information content (AvgIpc) is 3.03. The van der Waals surface area contributed by atoms with Gasteiger partial charge in [0.15, 0.2) is 0 Å². The van der Waals surface area contributed by atoms with E-state index in [2.05, 4.69) is 43.1 Å². The van der Waals surface area contributed by atoms with Gasteiger partial charge < -0.3 is 4.90 Å². The van der Waals surface area contributed by atoms with Crippen LogP contribution >= 0.6 is 0 Å². The summed E-state index contributed by atoms with van der Waals surface area (Å²) < 4.78 is 0. The molecule has 1 atom stereocenters. The van der Waals surface area contributed by atoms with Gasteiger partial charge in [0.2, 0.25) is 0 Å². The van der Waals surface area contributed by atoms with E-state index in [0.717, 1.165) is 12.1 Å². The summed E-state index contributed by atoms with van der Waals surface area (Å²) in [7, 11) is 0. The third-order valence-corrected chi connectivity index (χ3v) is 4.05. The number of aromatic nitrogens is 2. The maximum atomic E-state index is 12.7. The van der Waals surface area contributed by atoms with E-state index in [-0.39, 0.29) is 11.9 Å². The smallest absolute Gasteiger partial charge is 0.275 e. The van der Waals surface area contributed by atoms with Crippen molar-refractivity contribution in [3.8, 4) is 0 Å². The molecular weight excluding hydrogens is 262 g/mol. The Morgan fingerprint density at radius 3 is 2.90 bits per heavy atom. The molecule has 110 valence electrons. The summed E-state index contributed by atoms with van der Waals surface area (Å²) in [4.78, 5) is 14.6. The standard InChI is InChI=1S/C17H21N3O/c1-11(2)8-14-9-16(19-18-14)17(21)20-10-13-6-4-5-7-15(13)12(20)3/h4-7,9,11-12H,8,10H2,1-3H3,(H,18,19). The van der Waals surface area contributed by atoms with Crippen LogP contribution in [-0.4, -0.2) is 21.0 Å². The van der Waals surface area contributed by atoms with Crippen LogP contribution in [0, 0.1) is 5.92 Å². The monoisotopic (exact) mass is 283 g/mol. The van der Waals surface area contributed by atoms with Gasteiger partial charge in [-0.1, -0.05) is 38.1 Å². The van der Waals surface area contributed by atoms with Crippen molar-refractivity contribution < 1.29 is 4.79 Å². The number of H-pyrrole nitrogens is 1. The van der Waals surface area contributed by atoms with Gasteiger partial charge in [-0.3, -0.25) is 9.89 Å². The first-order valence-corrected chi connectivity index (χ1v) is 7.49. The van der Waals surface area contributed by atoms with Crippen LogP contribution in [0.15, 0.2) is 30.3 Å². The van der Waals surface area contributed by atoms with Crippen molar-refractivity contribution in [1.82, 2.24) is 15.1 Å². The van der Waals surface area contributed by atoms with E-state index in [0.29, 0.717) is 18.2 Å². The molecule has 1 unspecified atom stereocenters. The molecule has 2 aromatic rings. The second kappa shape index (κ2) is 5.35. The molecule has 4 heteroatoms. The molecule has 0 radical (unpaired) electrons. The van der Waals surface area contributed by atoms with Crippen LogP contribution < -0.4 is 0 Å². The summed E-state index contributed by atoms with van der Waals surface area (Å²) >= 11 is 0. The van der Waals surface area contributed by atoms with Gasteiger partial charge in [-0.25, -0.2) is 0 Å². The lowest BCUT2D eigenvalue weighted by Crippen LogP contribution is -2.28. The van der Waals surface area contributed by atoms with Gasteiger partial charge in [-0.05, 0) is 36.5 Å². The van der Waals surface area contributed by atoms with Gasteiger partial charge in [0.25, 0.3) is 5.91 Å². The number of aromatic amines is 1. The van der Waals surface area contributed by atoms with Crippen molar-refractivity contribution >= 4 is 5.91 Å². The third-order valence-electron chi connectivity index (χ3n) is 4.05. The Labute approximate surface area is 125 Å². The van der Waals surface area contributed by atoms with Crippen molar-refractivity contribution in [2.45, 2.75) is 39.8 Å². The first kappa shape index (κ1) is 13.9. The van der Waals surface area contributed by atoms with Gasteiger partial charge in [-0.2, -0.15) is 5.10 Å². The van der Waals surface area contributed by atoms with Crippen LogP contribution in [0.3, 0.4) is 0 Å². The Balaban J connectivity index is 1.79. The van der Waals surface area contributed by atoms with Gasteiger partial charge in [0.05, 0.1) is 6.04 Å². The van der Waals surface area contributed by atoms with Gasteiger partial charge in [-0.15, -0.1) is 0 Å². The molecule has 1 aliphatic heterocycles. The number of nitrogens with zero attached hydrogens (tertiary/aromatic N) is 2. The fourth-order valence-electron chi connectivity index (χ4n) is 2.98. The summed E-state index contributed by atoms with van der Waals surface area (Å²) in [6.45, 7) is 7.05. The Kier molecular flexibility index (Phi) is 3.53. The Morgan fingerprint density at radius 2 is 2.19 bits per heavy atom. The van der Waals surface area contributed by atoms with E-state index in [9.17, 15) is 4.79 Å². The molecule has 1 aliphatic rings. The summed E-state index contributed by atoms with van der Waals surface area (Å²) in [6, 6.07) is 10.2. The number of hydrogen-bond donors (Lipinski definition) is 1. The molecule has 1 amide bonds. The van der Waals surface area contributed by atoms with E-state index in [1.54, 1.807) is 0 Å². The maximum absolute atomic E-state index is 12.7. The highest BCUT2D eigenvalue weighted by Gasteiger charge is 2.31. The number of benzene rings is 1. The van der Waals surface area contributed by atoms with Crippen LogP contribution in [0.1, 0.15) is 54.1 Å². The molecule has 2 heterocycles. The molecule has 1 aromatic heterocycles. The fourth-order valence-corrected chi connectivity index (χ4v) is 2.98. The SMILES string of the molecule is CC(C)Cc1cc(C(=O)N2Cc3ccccc3C2C)n[nH]1. The van der Waals surface area contributed by atoms with Crippen molar-refractivity contribution in [2.24, 2.45) is 5.92 Å². The van der Waals surface area contributed by atoms with E-state index < -0.39 is 0 Å². The fraction of sp³-hybridized carbons (Fsp3) is 0.412. The third kappa shape index (κ3) is 2.58. The van der Waals surface area contributed by atoms with Crippen molar-refractivity contribution in [2.75, 3.05) is 0 Å². The summed E-state index contributed by atoms with van der Waals surface area (Å²) in [6.07, 6.45) is 0.913. The molecule has 0 bridgehead atoms. The number of hydrogen-bond acceptors (Lipinski definition) is 2. The Bertz CT molecular complexity index is 660. The zero-order chi connectivity index (χ0) is 15.0. The number of rotatable bonds is 3. The number of carbonyl (C=O) groups is 1. The van der Waals surface area contributed by atoms with Crippen LogP contribution in [0.5, 0.6) is 0 Å². The summed E-state index contributed by atoms with van der Waals surface area (Å²) in [5.74, 6) is 0.549.